The molecule has 0 amide bonds. The molecule has 2 heterocycles. The molecule has 2 aromatic heterocycles. The van der Waals surface area contributed by atoms with Crippen molar-refractivity contribution in [1.29, 1.82) is 0 Å². The highest BCUT2D eigenvalue weighted by Gasteiger charge is 2.13. The quantitative estimate of drug-likeness (QED) is 0.450. The lowest BCUT2D eigenvalue weighted by molar-refractivity contribution is 0.384. The molecule has 0 N–H and O–H groups in total. The summed E-state index contributed by atoms with van der Waals surface area (Å²) in [6, 6.07) is 7.47. The van der Waals surface area contributed by atoms with Gasteiger partial charge in [-0.3, -0.25) is 9.36 Å². The molecule has 0 unspecified atom stereocenters. The standard InChI is InChI=1S/C18H22N4O2S/c1-3-5-11-22-17(23)13-9-6-7-10-14(13)19-18(22)25-12-16-20-15(8-4-2)21-24-16/h6-7,9-10H,3-5,8,11-12H2,1-2H3. The predicted octanol–water partition coefficient (Wildman–Crippen LogP) is 3.82. The van der Waals surface area contributed by atoms with Crippen molar-refractivity contribution < 1.29 is 4.52 Å². The van der Waals surface area contributed by atoms with Crippen LogP contribution < -0.4 is 5.56 Å². The van der Waals surface area contributed by atoms with E-state index in [-0.39, 0.29) is 5.56 Å². The molecule has 6 nitrogen and oxygen atoms in total. The van der Waals surface area contributed by atoms with Gasteiger partial charge >= 0.3 is 0 Å². The molecule has 0 saturated heterocycles. The summed E-state index contributed by atoms with van der Waals surface area (Å²) in [4.78, 5) is 21.9. The summed E-state index contributed by atoms with van der Waals surface area (Å²) in [5, 5.41) is 5.33. The summed E-state index contributed by atoms with van der Waals surface area (Å²) in [6.07, 6.45) is 3.75. The molecule has 3 aromatic rings. The number of aromatic nitrogens is 4. The van der Waals surface area contributed by atoms with Crippen molar-refractivity contribution in [3.8, 4) is 0 Å². The number of unbranched alkanes of at least 4 members (excludes halogenated alkanes) is 1. The minimum absolute atomic E-state index is 0.0127. The molecule has 0 aliphatic heterocycles. The average molecular weight is 358 g/mol. The number of rotatable bonds is 8. The number of para-hydroxylation sites is 1. The lowest BCUT2D eigenvalue weighted by Crippen LogP contribution is -2.23. The van der Waals surface area contributed by atoms with Gasteiger partial charge in [0.1, 0.15) is 0 Å². The molecule has 7 heteroatoms. The fourth-order valence-electron chi connectivity index (χ4n) is 2.57. The van der Waals surface area contributed by atoms with E-state index in [2.05, 4.69) is 29.0 Å². The van der Waals surface area contributed by atoms with Crippen LogP contribution in [-0.2, 0) is 18.7 Å². The first-order valence-corrected chi connectivity index (χ1v) is 9.65. The normalized spacial score (nSPS) is 11.3. The van der Waals surface area contributed by atoms with E-state index >= 15 is 0 Å². The molecule has 0 radical (unpaired) electrons. The van der Waals surface area contributed by atoms with E-state index in [9.17, 15) is 4.79 Å². The van der Waals surface area contributed by atoms with E-state index in [1.807, 2.05) is 24.3 Å². The second-order valence-corrected chi connectivity index (χ2v) is 6.81. The summed E-state index contributed by atoms with van der Waals surface area (Å²) in [5.74, 6) is 1.80. The fourth-order valence-corrected chi connectivity index (χ4v) is 3.43. The van der Waals surface area contributed by atoms with Crippen molar-refractivity contribution in [2.24, 2.45) is 0 Å². The lowest BCUT2D eigenvalue weighted by Gasteiger charge is -2.12. The smallest absolute Gasteiger partial charge is 0.262 e. The zero-order chi connectivity index (χ0) is 17.6. The molecular formula is C18H22N4O2S. The molecule has 0 bridgehead atoms. The van der Waals surface area contributed by atoms with E-state index < -0.39 is 0 Å². The minimum atomic E-state index is 0.0127. The van der Waals surface area contributed by atoms with Crippen LogP contribution in [0, 0.1) is 0 Å². The maximum absolute atomic E-state index is 12.8. The third kappa shape index (κ3) is 4.10. The Morgan fingerprint density at radius 1 is 1.16 bits per heavy atom. The van der Waals surface area contributed by atoms with Crippen molar-refractivity contribution in [2.45, 2.75) is 57.0 Å². The molecule has 0 spiro atoms. The van der Waals surface area contributed by atoms with Crippen LogP contribution in [0.2, 0.25) is 0 Å². The number of nitrogens with zero attached hydrogens (tertiary/aromatic N) is 4. The summed E-state index contributed by atoms with van der Waals surface area (Å²) >= 11 is 1.47. The Hall–Kier alpha value is -2.15. The van der Waals surface area contributed by atoms with Gasteiger partial charge in [-0.1, -0.05) is 49.3 Å². The molecule has 25 heavy (non-hydrogen) atoms. The van der Waals surface area contributed by atoms with E-state index in [0.29, 0.717) is 28.7 Å². The molecule has 0 fully saturated rings. The van der Waals surface area contributed by atoms with Gasteiger partial charge in [0.15, 0.2) is 11.0 Å². The Kier molecular flexibility index (Phi) is 5.86. The van der Waals surface area contributed by atoms with Crippen molar-refractivity contribution >= 4 is 22.7 Å². The molecule has 0 atom stereocenters. The molecule has 0 saturated carbocycles. The van der Waals surface area contributed by atoms with Crippen LogP contribution in [0.25, 0.3) is 10.9 Å². The highest BCUT2D eigenvalue weighted by atomic mass is 32.2. The van der Waals surface area contributed by atoms with Crippen LogP contribution in [0.3, 0.4) is 0 Å². The summed E-state index contributed by atoms with van der Waals surface area (Å²) < 4.78 is 7.04. The van der Waals surface area contributed by atoms with Crippen molar-refractivity contribution in [3.63, 3.8) is 0 Å². The number of hydrogen-bond acceptors (Lipinski definition) is 6. The van der Waals surface area contributed by atoms with Gasteiger partial charge < -0.3 is 4.52 Å². The Bertz CT molecular complexity index is 903. The minimum Gasteiger partial charge on any atom is -0.338 e. The van der Waals surface area contributed by atoms with Gasteiger partial charge in [-0.2, -0.15) is 4.98 Å². The average Bonchev–Trinajstić information content (AvgIpc) is 3.07. The van der Waals surface area contributed by atoms with E-state index in [4.69, 9.17) is 4.52 Å². The Morgan fingerprint density at radius 2 is 2.00 bits per heavy atom. The molecule has 3 rings (SSSR count). The zero-order valence-corrected chi connectivity index (χ0v) is 15.4. The topological polar surface area (TPSA) is 73.8 Å². The number of fused-ring (bicyclic) bond motifs is 1. The van der Waals surface area contributed by atoms with E-state index in [1.54, 1.807) is 4.57 Å². The van der Waals surface area contributed by atoms with Crippen LogP contribution in [0.5, 0.6) is 0 Å². The fraction of sp³-hybridized carbons (Fsp3) is 0.444. The number of thioether (sulfide) groups is 1. The van der Waals surface area contributed by atoms with Crippen LogP contribution in [0.1, 0.15) is 44.8 Å². The van der Waals surface area contributed by atoms with Crippen molar-refractivity contribution in [1.82, 2.24) is 19.7 Å². The van der Waals surface area contributed by atoms with Gasteiger partial charge in [-0.05, 0) is 25.0 Å². The number of benzene rings is 1. The highest BCUT2D eigenvalue weighted by Crippen LogP contribution is 2.22. The van der Waals surface area contributed by atoms with Gasteiger partial charge in [0.25, 0.3) is 5.56 Å². The molecular weight excluding hydrogens is 336 g/mol. The SMILES string of the molecule is CCCCn1c(SCc2nc(CCC)no2)nc2ccccc2c1=O. The first-order chi connectivity index (χ1) is 12.2. The maximum atomic E-state index is 12.8. The van der Waals surface area contributed by atoms with Gasteiger partial charge in [-0.25, -0.2) is 4.98 Å². The van der Waals surface area contributed by atoms with E-state index in [0.717, 1.165) is 37.0 Å². The molecule has 1 aromatic carbocycles. The highest BCUT2D eigenvalue weighted by molar-refractivity contribution is 7.98. The monoisotopic (exact) mass is 358 g/mol. The van der Waals surface area contributed by atoms with Crippen LogP contribution in [0.4, 0.5) is 0 Å². The second kappa shape index (κ2) is 8.29. The molecule has 132 valence electrons. The third-order valence-electron chi connectivity index (χ3n) is 3.87. The van der Waals surface area contributed by atoms with Crippen LogP contribution in [0.15, 0.2) is 38.7 Å². The van der Waals surface area contributed by atoms with Gasteiger partial charge in [0.05, 0.1) is 16.7 Å². The third-order valence-corrected chi connectivity index (χ3v) is 4.83. The first-order valence-electron chi connectivity index (χ1n) is 8.66. The number of aryl methyl sites for hydroxylation is 1. The zero-order valence-electron chi connectivity index (χ0n) is 14.6. The van der Waals surface area contributed by atoms with Crippen LogP contribution >= 0.6 is 11.8 Å². The summed E-state index contributed by atoms with van der Waals surface area (Å²) in [7, 11) is 0. The summed E-state index contributed by atoms with van der Waals surface area (Å²) in [6.45, 7) is 4.86. The predicted molar refractivity (Wildman–Crippen MR) is 98.8 cm³/mol. The van der Waals surface area contributed by atoms with E-state index in [1.165, 1.54) is 11.8 Å². The second-order valence-electron chi connectivity index (χ2n) is 5.86. The van der Waals surface area contributed by atoms with Gasteiger partial charge in [0, 0.05) is 13.0 Å². The Balaban J connectivity index is 1.88. The largest absolute Gasteiger partial charge is 0.338 e. The lowest BCUT2D eigenvalue weighted by atomic mass is 10.2. The van der Waals surface area contributed by atoms with Crippen molar-refractivity contribution in [2.75, 3.05) is 0 Å². The summed E-state index contributed by atoms with van der Waals surface area (Å²) in [5.41, 5.74) is 0.735. The molecule has 0 aliphatic rings. The van der Waals surface area contributed by atoms with Gasteiger partial charge in [0.2, 0.25) is 5.89 Å². The van der Waals surface area contributed by atoms with Crippen molar-refractivity contribution in [3.05, 3.63) is 46.3 Å². The Morgan fingerprint density at radius 3 is 2.80 bits per heavy atom. The maximum Gasteiger partial charge on any atom is 0.262 e. The Labute approximate surface area is 150 Å². The first kappa shape index (κ1) is 17.7. The molecule has 0 aliphatic carbocycles. The van der Waals surface area contributed by atoms with Gasteiger partial charge in [-0.15, -0.1) is 0 Å². The van der Waals surface area contributed by atoms with Crippen LogP contribution in [-0.4, -0.2) is 19.7 Å². The number of hydrogen-bond donors (Lipinski definition) is 0.